The van der Waals surface area contributed by atoms with Crippen LogP contribution < -0.4 is 5.43 Å². The Bertz CT molecular complexity index is 1570. The SMILES string of the molecule is N#Cc1ccccc1Cn1cc(/C=N/NC(=O)c2cc3cc(Br)ccc3o2)c2ccccc21. The Morgan fingerprint density at radius 2 is 1.94 bits per heavy atom. The number of fused-ring (bicyclic) bond motifs is 2. The molecule has 0 aliphatic heterocycles. The van der Waals surface area contributed by atoms with Gasteiger partial charge in [0.05, 0.1) is 17.8 Å². The molecule has 0 aliphatic carbocycles. The number of carbonyl (C=O) groups is 1. The van der Waals surface area contributed by atoms with Crippen LogP contribution >= 0.6 is 15.9 Å². The molecule has 0 saturated carbocycles. The molecule has 2 aromatic heterocycles. The summed E-state index contributed by atoms with van der Waals surface area (Å²) in [6.07, 6.45) is 3.58. The third-order valence-corrected chi connectivity index (χ3v) is 5.86. The second-order valence-electron chi connectivity index (χ2n) is 7.49. The molecule has 0 bridgehead atoms. The lowest BCUT2D eigenvalue weighted by Crippen LogP contribution is -2.16. The fourth-order valence-corrected chi connectivity index (χ4v) is 4.18. The van der Waals surface area contributed by atoms with Crippen LogP contribution in [-0.2, 0) is 6.54 Å². The first-order chi connectivity index (χ1) is 16.1. The Hall–Kier alpha value is -4.15. The van der Waals surface area contributed by atoms with Gasteiger partial charge in [-0.1, -0.05) is 52.3 Å². The summed E-state index contributed by atoms with van der Waals surface area (Å²) in [7, 11) is 0. The summed E-state index contributed by atoms with van der Waals surface area (Å²) in [4.78, 5) is 12.5. The zero-order valence-electron chi connectivity index (χ0n) is 17.3. The maximum Gasteiger partial charge on any atom is 0.307 e. The molecule has 7 heteroatoms. The third-order valence-electron chi connectivity index (χ3n) is 5.37. The standard InChI is InChI=1S/C26H17BrN4O2/c27-21-9-10-24-19(11-21)12-25(33-24)26(32)30-29-14-20-16-31(23-8-4-3-7-22(20)23)15-18-6-2-1-5-17(18)13-28/h1-12,14,16H,15H2,(H,30,32)/b29-14+. The average molecular weight is 497 g/mol. The van der Waals surface area contributed by atoms with Gasteiger partial charge in [-0.15, -0.1) is 0 Å². The van der Waals surface area contributed by atoms with Gasteiger partial charge in [-0.05, 0) is 42.0 Å². The molecule has 6 nitrogen and oxygen atoms in total. The zero-order chi connectivity index (χ0) is 22.8. The average Bonchev–Trinajstić information content (AvgIpc) is 3.41. The highest BCUT2D eigenvalue weighted by Crippen LogP contribution is 2.24. The molecule has 1 N–H and O–H groups in total. The smallest absolute Gasteiger partial charge is 0.307 e. The van der Waals surface area contributed by atoms with E-state index in [0.717, 1.165) is 31.9 Å². The molecule has 0 saturated heterocycles. The molecule has 0 spiro atoms. The number of nitriles is 1. The van der Waals surface area contributed by atoms with Crippen LogP contribution in [0.1, 0.15) is 27.2 Å². The normalized spacial score (nSPS) is 11.3. The van der Waals surface area contributed by atoms with E-state index < -0.39 is 5.91 Å². The Balaban J connectivity index is 1.39. The molecule has 5 aromatic rings. The third kappa shape index (κ3) is 4.16. The predicted molar refractivity (Wildman–Crippen MR) is 131 cm³/mol. The summed E-state index contributed by atoms with van der Waals surface area (Å²) in [6, 6.07) is 25.0. The van der Waals surface area contributed by atoms with E-state index in [-0.39, 0.29) is 5.76 Å². The molecule has 1 amide bonds. The van der Waals surface area contributed by atoms with Crippen molar-refractivity contribution in [2.24, 2.45) is 5.10 Å². The van der Waals surface area contributed by atoms with E-state index in [1.54, 1.807) is 18.3 Å². The van der Waals surface area contributed by atoms with Crippen LogP contribution in [0.5, 0.6) is 0 Å². The summed E-state index contributed by atoms with van der Waals surface area (Å²) in [5.74, 6) is -0.235. The lowest BCUT2D eigenvalue weighted by molar-refractivity contribution is 0.0929. The zero-order valence-corrected chi connectivity index (χ0v) is 18.9. The number of hydrogen-bond donors (Lipinski definition) is 1. The van der Waals surface area contributed by atoms with Crippen molar-refractivity contribution < 1.29 is 9.21 Å². The minimum Gasteiger partial charge on any atom is -0.451 e. The van der Waals surface area contributed by atoms with Gasteiger partial charge in [-0.25, -0.2) is 5.43 Å². The molecular weight excluding hydrogens is 480 g/mol. The number of hydrazone groups is 1. The van der Waals surface area contributed by atoms with Crippen LogP contribution in [0.2, 0.25) is 0 Å². The molecule has 0 fully saturated rings. The van der Waals surface area contributed by atoms with Gasteiger partial charge in [-0.2, -0.15) is 10.4 Å². The largest absolute Gasteiger partial charge is 0.451 e. The number of carbonyl (C=O) groups excluding carboxylic acids is 1. The van der Waals surface area contributed by atoms with Crippen molar-refractivity contribution in [2.75, 3.05) is 0 Å². The Morgan fingerprint density at radius 1 is 1.12 bits per heavy atom. The number of nitrogens with zero attached hydrogens (tertiary/aromatic N) is 3. The molecule has 0 atom stereocenters. The number of amides is 1. The summed E-state index contributed by atoms with van der Waals surface area (Å²) in [5.41, 5.74) is 6.63. The van der Waals surface area contributed by atoms with E-state index in [1.807, 2.05) is 66.9 Å². The summed E-state index contributed by atoms with van der Waals surface area (Å²) < 4.78 is 8.60. The first-order valence-electron chi connectivity index (χ1n) is 10.2. The van der Waals surface area contributed by atoms with Gasteiger partial charge in [0.25, 0.3) is 0 Å². The molecule has 2 heterocycles. The fourth-order valence-electron chi connectivity index (χ4n) is 3.80. The van der Waals surface area contributed by atoms with Crippen LogP contribution in [0, 0.1) is 11.3 Å². The highest BCUT2D eigenvalue weighted by atomic mass is 79.9. The Labute approximate surface area is 197 Å². The lowest BCUT2D eigenvalue weighted by Gasteiger charge is -2.07. The lowest BCUT2D eigenvalue weighted by atomic mass is 10.1. The molecule has 5 rings (SSSR count). The van der Waals surface area contributed by atoms with Crippen molar-refractivity contribution in [1.82, 2.24) is 9.99 Å². The summed E-state index contributed by atoms with van der Waals surface area (Å²) in [6.45, 7) is 0.555. The monoisotopic (exact) mass is 496 g/mol. The van der Waals surface area contributed by atoms with Crippen LogP contribution in [0.3, 0.4) is 0 Å². The van der Waals surface area contributed by atoms with Crippen LogP contribution in [-0.4, -0.2) is 16.7 Å². The van der Waals surface area contributed by atoms with E-state index in [9.17, 15) is 10.1 Å². The van der Waals surface area contributed by atoms with Crippen molar-refractivity contribution in [2.45, 2.75) is 6.54 Å². The van der Waals surface area contributed by atoms with Gasteiger partial charge >= 0.3 is 5.91 Å². The summed E-state index contributed by atoms with van der Waals surface area (Å²) >= 11 is 3.41. The number of hydrogen-bond acceptors (Lipinski definition) is 4. The second kappa shape index (κ2) is 8.77. The molecule has 0 aliphatic rings. The summed E-state index contributed by atoms with van der Waals surface area (Å²) in [5, 5.41) is 15.4. The number of para-hydroxylation sites is 1. The highest BCUT2D eigenvalue weighted by molar-refractivity contribution is 9.10. The molecule has 0 radical (unpaired) electrons. The van der Waals surface area contributed by atoms with Crippen LogP contribution in [0.4, 0.5) is 0 Å². The van der Waals surface area contributed by atoms with Crippen molar-refractivity contribution >= 4 is 49.9 Å². The van der Waals surface area contributed by atoms with E-state index in [0.29, 0.717) is 17.7 Å². The van der Waals surface area contributed by atoms with Gasteiger partial charge in [0.2, 0.25) is 0 Å². The second-order valence-corrected chi connectivity index (χ2v) is 8.41. The minimum atomic E-state index is -0.426. The van der Waals surface area contributed by atoms with Gasteiger partial charge in [0.1, 0.15) is 5.58 Å². The molecule has 3 aromatic carbocycles. The van der Waals surface area contributed by atoms with E-state index in [4.69, 9.17) is 4.42 Å². The van der Waals surface area contributed by atoms with Gasteiger partial charge in [0, 0.05) is 39.1 Å². The Morgan fingerprint density at radius 3 is 2.82 bits per heavy atom. The minimum absolute atomic E-state index is 0.191. The van der Waals surface area contributed by atoms with Gasteiger partial charge in [-0.3, -0.25) is 4.79 Å². The van der Waals surface area contributed by atoms with Crippen LogP contribution in [0.25, 0.3) is 21.9 Å². The number of benzene rings is 3. The molecular formula is C26H17BrN4O2. The highest BCUT2D eigenvalue weighted by Gasteiger charge is 2.13. The van der Waals surface area contributed by atoms with Gasteiger partial charge < -0.3 is 8.98 Å². The number of halogens is 1. The van der Waals surface area contributed by atoms with Crippen molar-refractivity contribution in [1.29, 1.82) is 5.26 Å². The number of aromatic nitrogens is 1. The van der Waals surface area contributed by atoms with Crippen LogP contribution in [0.15, 0.2) is 93.0 Å². The van der Waals surface area contributed by atoms with E-state index in [1.165, 1.54) is 0 Å². The van der Waals surface area contributed by atoms with Crippen molar-refractivity contribution in [3.63, 3.8) is 0 Å². The molecule has 0 unspecified atom stereocenters. The Kier molecular flexibility index (Phi) is 5.51. The maximum absolute atomic E-state index is 12.5. The molecule has 33 heavy (non-hydrogen) atoms. The van der Waals surface area contributed by atoms with E-state index in [2.05, 4.69) is 37.1 Å². The quantitative estimate of drug-likeness (QED) is 0.245. The number of furan rings is 1. The van der Waals surface area contributed by atoms with Crippen molar-refractivity contribution in [3.05, 3.63) is 106 Å². The maximum atomic E-state index is 12.5. The van der Waals surface area contributed by atoms with Crippen molar-refractivity contribution in [3.8, 4) is 6.07 Å². The topological polar surface area (TPSA) is 83.3 Å². The first-order valence-corrected chi connectivity index (χ1v) is 11.0. The number of rotatable bonds is 5. The van der Waals surface area contributed by atoms with Gasteiger partial charge in [0.15, 0.2) is 5.76 Å². The van der Waals surface area contributed by atoms with E-state index >= 15 is 0 Å². The fraction of sp³-hybridized carbons (Fsp3) is 0.0385. The number of nitrogens with one attached hydrogen (secondary N) is 1. The predicted octanol–water partition coefficient (Wildman–Crippen LogP) is 5.83. The molecule has 160 valence electrons. The first kappa shape index (κ1) is 20.7.